The van der Waals surface area contributed by atoms with Crippen LogP contribution in [0.5, 0.6) is 0 Å². The van der Waals surface area contributed by atoms with Crippen molar-refractivity contribution in [3.63, 3.8) is 0 Å². The highest BCUT2D eigenvalue weighted by molar-refractivity contribution is 6.30. The minimum absolute atomic E-state index is 0.00441. The lowest BCUT2D eigenvalue weighted by Gasteiger charge is -2.33. The van der Waals surface area contributed by atoms with E-state index in [2.05, 4.69) is 5.32 Å². The molecule has 2 fully saturated rings. The number of rotatable bonds is 5. The van der Waals surface area contributed by atoms with Crippen molar-refractivity contribution in [3.05, 3.63) is 34.9 Å². The fourth-order valence-electron chi connectivity index (χ4n) is 3.57. The Hall–Kier alpha value is -1.55. The first kappa shape index (κ1) is 18.2. The number of amides is 2. The largest absolute Gasteiger partial charge is 0.349 e. The summed E-state index contributed by atoms with van der Waals surface area (Å²) < 4.78 is 0. The number of nitrogens with one attached hydrogen (secondary N) is 1. The van der Waals surface area contributed by atoms with Crippen LogP contribution in [0.25, 0.3) is 0 Å². The molecule has 25 heavy (non-hydrogen) atoms. The zero-order valence-electron chi connectivity index (χ0n) is 15.0. The summed E-state index contributed by atoms with van der Waals surface area (Å²) >= 11 is 5.98. The molecule has 0 radical (unpaired) electrons. The van der Waals surface area contributed by atoms with Gasteiger partial charge in [0.05, 0.1) is 6.04 Å². The van der Waals surface area contributed by atoms with Crippen molar-refractivity contribution >= 4 is 23.4 Å². The van der Waals surface area contributed by atoms with E-state index in [1.54, 1.807) is 0 Å². The normalized spacial score (nSPS) is 19.8. The Labute approximate surface area is 154 Å². The molecule has 2 amide bonds. The van der Waals surface area contributed by atoms with Gasteiger partial charge in [0.1, 0.15) is 0 Å². The summed E-state index contributed by atoms with van der Waals surface area (Å²) in [5.74, 6) is 0.881. The fraction of sp³-hybridized carbons (Fsp3) is 0.600. The number of benzene rings is 1. The van der Waals surface area contributed by atoms with Gasteiger partial charge in [0.15, 0.2) is 0 Å². The molecule has 1 unspecified atom stereocenters. The quantitative estimate of drug-likeness (QED) is 0.866. The van der Waals surface area contributed by atoms with E-state index >= 15 is 0 Å². The molecule has 1 N–H and O–H groups in total. The number of likely N-dealkylation sites (tertiary alicyclic amines) is 1. The Morgan fingerprint density at radius 3 is 2.20 bits per heavy atom. The topological polar surface area (TPSA) is 49.4 Å². The van der Waals surface area contributed by atoms with Crippen molar-refractivity contribution in [1.82, 2.24) is 10.2 Å². The van der Waals surface area contributed by atoms with Crippen LogP contribution in [0, 0.1) is 17.8 Å². The molecule has 0 spiro atoms. The predicted octanol–water partition coefficient (Wildman–Crippen LogP) is 3.80. The molecule has 1 saturated heterocycles. The molecule has 1 aliphatic heterocycles. The molecule has 1 heterocycles. The highest BCUT2D eigenvalue weighted by Gasteiger charge is 2.35. The third-order valence-electron chi connectivity index (χ3n) is 5.29. The van der Waals surface area contributed by atoms with E-state index in [9.17, 15) is 9.59 Å². The van der Waals surface area contributed by atoms with Gasteiger partial charge in [-0.1, -0.05) is 37.6 Å². The van der Waals surface area contributed by atoms with Crippen molar-refractivity contribution in [3.8, 4) is 0 Å². The number of hydrogen-bond acceptors (Lipinski definition) is 2. The Morgan fingerprint density at radius 1 is 1.08 bits per heavy atom. The highest BCUT2D eigenvalue weighted by atomic mass is 35.5. The summed E-state index contributed by atoms with van der Waals surface area (Å²) in [4.78, 5) is 26.7. The van der Waals surface area contributed by atoms with E-state index in [-0.39, 0.29) is 29.7 Å². The minimum Gasteiger partial charge on any atom is -0.349 e. The lowest BCUT2D eigenvalue weighted by atomic mass is 9.93. The Bertz CT molecular complexity index is 617. The van der Waals surface area contributed by atoms with E-state index < -0.39 is 0 Å². The van der Waals surface area contributed by atoms with Crippen molar-refractivity contribution in [1.29, 1.82) is 0 Å². The number of halogens is 1. The van der Waals surface area contributed by atoms with Crippen LogP contribution in [0.2, 0.25) is 5.02 Å². The van der Waals surface area contributed by atoms with Crippen molar-refractivity contribution in [2.75, 3.05) is 13.1 Å². The van der Waals surface area contributed by atoms with E-state index in [4.69, 9.17) is 11.6 Å². The van der Waals surface area contributed by atoms with Crippen molar-refractivity contribution < 1.29 is 9.59 Å². The van der Waals surface area contributed by atoms with Crippen LogP contribution < -0.4 is 5.32 Å². The maximum Gasteiger partial charge on any atom is 0.225 e. The Kier molecular flexibility index (Phi) is 5.67. The van der Waals surface area contributed by atoms with E-state index in [1.165, 1.54) is 0 Å². The fourth-order valence-corrected chi connectivity index (χ4v) is 3.70. The standard InChI is InChI=1S/C20H27ClN2O2/c1-13(2)20(25)23-11-9-16(10-12-23)19(24)22-18(14-3-4-14)15-5-7-17(21)8-6-15/h5-8,13-14,16,18H,3-4,9-12H2,1-2H3,(H,22,24). The van der Waals surface area contributed by atoms with Gasteiger partial charge >= 0.3 is 0 Å². The maximum atomic E-state index is 12.8. The molecular formula is C20H27ClN2O2. The smallest absolute Gasteiger partial charge is 0.225 e. The van der Waals surface area contributed by atoms with E-state index in [1.807, 2.05) is 43.0 Å². The van der Waals surface area contributed by atoms with Gasteiger partial charge in [-0.2, -0.15) is 0 Å². The van der Waals surface area contributed by atoms with Crippen LogP contribution in [-0.2, 0) is 9.59 Å². The van der Waals surface area contributed by atoms with Gasteiger partial charge in [0, 0.05) is 29.9 Å². The zero-order chi connectivity index (χ0) is 18.0. The molecule has 5 heteroatoms. The molecule has 1 atom stereocenters. The van der Waals surface area contributed by atoms with E-state index in [0.717, 1.165) is 31.2 Å². The van der Waals surface area contributed by atoms with Gasteiger partial charge in [0.2, 0.25) is 11.8 Å². The first-order valence-electron chi connectivity index (χ1n) is 9.30. The van der Waals surface area contributed by atoms with Crippen LogP contribution in [0.4, 0.5) is 0 Å². The molecule has 4 nitrogen and oxygen atoms in total. The SMILES string of the molecule is CC(C)C(=O)N1CCC(C(=O)NC(c2ccc(Cl)cc2)C2CC2)CC1. The van der Waals surface area contributed by atoms with Crippen LogP contribution in [0.15, 0.2) is 24.3 Å². The highest BCUT2D eigenvalue weighted by Crippen LogP contribution is 2.41. The number of nitrogens with zero attached hydrogens (tertiary/aromatic N) is 1. The molecule has 1 saturated carbocycles. The summed E-state index contributed by atoms with van der Waals surface area (Å²) in [6.07, 6.45) is 3.83. The summed E-state index contributed by atoms with van der Waals surface area (Å²) in [5, 5.41) is 3.98. The van der Waals surface area contributed by atoms with Gasteiger partial charge in [0.25, 0.3) is 0 Å². The van der Waals surface area contributed by atoms with Crippen LogP contribution in [-0.4, -0.2) is 29.8 Å². The third-order valence-corrected chi connectivity index (χ3v) is 5.54. The van der Waals surface area contributed by atoms with Crippen LogP contribution in [0.1, 0.15) is 51.1 Å². The van der Waals surface area contributed by atoms with Gasteiger partial charge < -0.3 is 10.2 Å². The average Bonchev–Trinajstić information content (AvgIpc) is 3.45. The molecule has 1 aromatic rings. The molecule has 0 bridgehead atoms. The van der Waals surface area contributed by atoms with Crippen molar-refractivity contribution in [2.45, 2.75) is 45.6 Å². The predicted molar refractivity (Wildman–Crippen MR) is 99.2 cm³/mol. The van der Waals surface area contributed by atoms with Crippen molar-refractivity contribution in [2.24, 2.45) is 17.8 Å². The van der Waals surface area contributed by atoms with Gasteiger partial charge in [-0.05, 0) is 49.3 Å². The molecule has 136 valence electrons. The zero-order valence-corrected chi connectivity index (χ0v) is 15.8. The molecule has 3 rings (SSSR count). The van der Waals surface area contributed by atoms with Gasteiger partial charge in [-0.25, -0.2) is 0 Å². The average molecular weight is 363 g/mol. The molecular weight excluding hydrogens is 336 g/mol. The summed E-state index contributed by atoms with van der Waals surface area (Å²) in [5.41, 5.74) is 1.13. The first-order valence-corrected chi connectivity index (χ1v) is 9.68. The molecule has 0 aromatic heterocycles. The van der Waals surface area contributed by atoms with E-state index in [0.29, 0.717) is 24.0 Å². The second-order valence-electron chi connectivity index (χ2n) is 7.63. The number of carbonyl (C=O) groups is 2. The lowest BCUT2D eigenvalue weighted by Crippen LogP contribution is -2.45. The van der Waals surface area contributed by atoms with Gasteiger partial charge in [-0.15, -0.1) is 0 Å². The number of carbonyl (C=O) groups excluding carboxylic acids is 2. The monoisotopic (exact) mass is 362 g/mol. The summed E-state index contributed by atoms with van der Waals surface area (Å²) in [7, 11) is 0. The second kappa shape index (κ2) is 7.77. The molecule has 2 aliphatic rings. The lowest BCUT2D eigenvalue weighted by molar-refractivity contribution is -0.138. The Morgan fingerprint density at radius 2 is 1.68 bits per heavy atom. The first-order chi connectivity index (χ1) is 12.0. The third kappa shape index (κ3) is 4.55. The maximum absolute atomic E-state index is 12.8. The van der Waals surface area contributed by atoms with Crippen LogP contribution >= 0.6 is 11.6 Å². The summed E-state index contributed by atoms with van der Waals surface area (Å²) in [6, 6.07) is 7.87. The van der Waals surface area contributed by atoms with Crippen LogP contribution in [0.3, 0.4) is 0 Å². The Balaban J connectivity index is 1.58. The molecule has 1 aromatic carbocycles. The molecule has 1 aliphatic carbocycles. The minimum atomic E-state index is 0.00441. The number of piperidine rings is 1. The second-order valence-corrected chi connectivity index (χ2v) is 8.07. The van der Waals surface area contributed by atoms with Gasteiger partial charge in [-0.3, -0.25) is 9.59 Å². The summed E-state index contributed by atoms with van der Waals surface area (Å²) in [6.45, 7) is 5.22. The number of hydrogen-bond donors (Lipinski definition) is 1.